The zero-order valence-corrected chi connectivity index (χ0v) is 17.5. The predicted octanol–water partition coefficient (Wildman–Crippen LogP) is 2.74. The quantitative estimate of drug-likeness (QED) is 0.198. The van der Waals surface area contributed by atoms with Gasteiger partial charge in [-0.1, -0.05) is 0 Å². The average molecular weight is 393 g/mol. The van der Waals surface area contributed by atoms with Gasteiger partial charge in [0.15, 0.2) is 5.78 Å². The second-order valence-electron chi connectivity index (χ2n) is 5.84. The number of Topliss-reactive ketones (excluding diaryl/α,β-unsaturated/α-hetero) is 1. The second-order valence-corrected chi connectivity index (χ2v) is 8.57. The first-order valence-corrected chi connectivity index (χ1v) is 11.5. The Morgan fingerprint density at radius 2 is 1.31 bits per heavy atom. The number of allylic oxidation sites excluding steroid dienone is 2. The summed E-state index contributed by atoms with van der Waals surface area (Å²) in [6.45, 7) is 7.05. The Kier molecular flexibility index (Phi) is 14.8. The summed E-state index contributed by atoms with van der Waals surface area (Å²) >= 11 is 0. The van der Waals surface area contributed by atoms with Crippen LogP contribution in [0.1, 0.15) is 59.3 Å². The number of aliphatic hydroxyl groups excluding tert-OH is 3. The highest BCUT2D eigenvalue weighted by atomic mass is 28.4. The van der Waals surface area contributed by atoms with Crippen LogP contribution in [0, 0.1) is 0 Å². The van der Waals surface area contributed by atoms with Crippen molar-refractivity contribution >= 4 is 14.6 Å². The zero-order chi connectivity index (χ0) is 19.8. The molecule has 0 rings (SSSR count). The van der Waals surface area contributed by atoms with Crippen molar-refractivity contribution in [1.29, 1.82) is 0 Å². The Labute approximate surface area is 158 Å². The van der Waals surface area contributed by atoms with E-state index in [0.717, 1.165) is 0 Å². The van der Waals surface area contributed by atoms with E-state index >= 15 is 0 Å². The third kappa shape index (κ3) is 9.80. The van der Waals surface area contributed by atoms with Crippen molar-refractivity contribution in [1.82, 2.24) is 0 Å². The summed E-state index contributed by atoms with van der Waals surface area (Å²) in [6.07, 6.45) is 2.21. The molecule has 0 unspecified atom stereocenters. The molecular formula is C18H36O7Si. The van der Waals surface area contributed by atoms with Crippen molar-refractivity contribution in [3.63, 3.8) is 0 Å². The summed E-state index contributed by atoms with van der Waals surface area (Å²) in [7, 11) is -2.78. The highest BCUT2D eigenvalue weighted by molar-refractivity contribution is 6.60. The lowest BCUT2D eigenvalue weighted by molar-refractivity contribution is -0.116. The minimum Gasteiger partial charge on any atom is -0.512 e. The summed E-state index contributed by atoms with van der Waals surface area (Å²) in [5.41, 5.74) is 0.374. The van der Waals surface area contributed by atoms with Gasteiger partial charge < -0.3 is 28.6 Å². The van der Waals surface area contributed by atoms with Crippen LogP contribution in [0.2, 0.25) is 6.04 Å². The van der Waals surface area contributed by atoms with Gasteiger partial charge in [-0.3, -0.25) is 4.79 Å². The Bertz CT molecular complexity index is 395. The third-order valence-corrected chi connectivity index (χ3v) is 6.97. The van der Waals surface area contributed by atoms with E-state index in [4.69, 9.17) is 23.5 Å². The zero-order valence-electron chi connectivity index (χ0n) is 16.5. The number of carbonyl (C=O) groups is 1. The van der Waals surface area contributed by atoms with Gasteiger partial charge in [-0.05, 0) is 46.5 Å². The molecule has 0 saturated heterocycles. The molecule has 0 aromatic rings. The molecule has 0 aromatic carbocycles. The lowest BCUT2D eigenvalue weighted by Gasteiger charge is -2.28. The van der Waals surface area contributed by atoms with Crippen LogP contribution in [-0.2, 0) is 18.1 Å². The summed E-state index contributed by atoms with van der Waals surface area (Å²) in [6, 6.07) is 0.562. The molecule has 0 amide bonds. The van der Waals surface area contributed by atoms with E-state index in [9.17, 15) is 9.90 Å². The molecule has 7 nitrogen and oxygen atoms in total. The predicted molar refractivity (Wildman–Crippen MR) is 102 cm³/mol. The summed E-state index contributed by atoms with van der Waals surface area (Å²) < 4.78 is 17.4. The molecule has 0 aliphatic carbocycles. The van der Waals surface area contributed by atoms with Crippen LogP contribution in [0.25, 0.3) is 0 Å². The highest BCUT2D eigenvalue weighted by Gasteiger charge is 2.39. The normalized spacial score (nSPS) is 13.0. The van der Waals surface area contributed by atoms with Crippen molar-refractivity contribution in [2.45, 2.75) is 65.3 Å². The van der Waals surface area contributed by atoms with E-state index < -0.39 is 8.80 Å². The number of ketones is 1. The van der Waals surface area contributed by atoms with Crippen LogP contribution < -0.4 is 0 Å². The maximum absolute atomic E-state index is 12.4. The molecule has 0 fully saturated rings. The van der Waals surface area contributed by atoms with Crippen molar-refractivity contribution in [3.8, 4) is 0 Å². The van der Waals surface area contributed by atoms with Gasteiger partial charge >= 0.3 is 8.80 Å². The fraction of sp³-hybridized carbons (Fsp3) is 0.833. The van der Waals surface area contributed by atoms with Gasteiger partial charge in [-0.15, -0.1) is 0 Å². The molecule has 0 saturated carbocycles. The molecule has 0 aliphatic rings. The van der Waals surface area contributed by atoms with Crippen molar-refractivity contribution < 1.29 is 33.4 Å². The molecule has 0 aliphatic heterocycles. The fourth-order valence-electron chi connectivity index (χ4n) is 2.72. The van der Waals surface area contributed by atoms with Gasteiger partial charge in [-0.25, -0.2) is 0 Å². The Balaban J connectivity index is 5.05. The van der Waals surface area contributed by atoms with E-state index in [1.807, 2.05) is 20.8 Å². The smallest absolute Gasteiger partial charge is 0.500 e. The molecule has 0 spiro atoms. The van der Waals surface area contributed by atoms with Crippen LogP contribution in [0.3, 0.4) is 0 Å². The van der Waals surface area contributed by atoms with Crippen LogP contribution in [0.15, 0.2) is 11.3 Å². The molecule has 0 atom stereocenters. The molecule has 26 heavy (non-hydrogen) atoms. The standard InChI is InChI=1S/C18H36O7Si/c1-4-23-26(24-5-2,25-6-3)15-9-10-16(17(21)11-7-13-19)18(22)12-8-14-20/h19-21H,4-15H2,1-3H3/b17-16-. The van der Waals surface area contributed by atoms with E-state index in [2.05, 4.69) is 0 Å². The Morgan fingerprint density at radius 3 is 1.77 bits per heavy atom. The van der Waals surface area contributed by atoms with E-state index in [-0.39, 0.29) is 37.6 Å². The topological polar surface area (TPSA) is 105 Å². The number of hydrogen-bond donors (Lipinski definition) is 3. The minimum atomic E-state index is -2.78. The number of aliphatic hydroxyl groups is 3. The fourth-order valence-corrected chi connectivity index (χ4v) is 5.33. The summed E-state index contributed by atoms with van der Waals surface area (Å²) in [5.74, 6) is -0.135. The van der Waals surface area contributed by atoms with Crippen LogP contribution in [0.5, 0.6) is 0 Å². The molecule has 154 valence electrons. The molecule has 3 N–H and O–H groups in total. The molecule has 0 bridgehead atoms. The minimum absolute atomic E-state index is 0.0264. The monoisotopic (exact) mass is 392 g/mol. The molecule has 0 heterocycles. The number of rotatable bonds is 17. The Morgan fingerprint density at radius 1 is 0.808 bits per heavy atom. The van der Waals surface area contributed by atoms with Gasteiger partial charge in [0.05, 0.1) is 5.76 Å². The van der Waals surface area contributed by atoms with E-state index in [1.54, 1.807) is 0 Å². The molecule has 0 aromatic heterocycles. The van der Waals surface area contributed by atoms with Crippen LogP contribution in [0.4, 0.5) is 0 Å². The number of hydrogen-bond acceptors (Lipinski definition) is 7. The number of carbonyl (C=O) groups excluding carboxylic acids is 1. The first kappa shape index (κ1) is 25.2. The van der Waals surface area contributed by atoms with Gasteiger partial charge in [-0.2, -0.15) is 0 Å². The van der Waals surface area contributed by atoms with Gasteiger partial charge in [0, 0.05) is 57.5 Å². The maximum atomic E-state index is 12.4. The summed E-state index contributed by atoms with van der Waals surface area (Å²) in [5, 5.41) is 28.1. The highest BCUT2D eigenvalue weighted by Crippen LogP contribution is 2.24. The van der Waals surface area contributed by atoms with Gasteiger partial charge in [0.1, 0.15) is 0 Å². The largest absolute Gasteiger partial charge is 0.512 e. The lowest BCUT2D eigenvalue weighted by Crippen LogP contribution is -2.45. The first-order chi connectivity index (χ1) is 12.5. The van der Waals surface area contributed by atoms with Gasteiger partial charge in [0.2, 0.25) is 0 Å². The van der Waals surface area contributed by atoms with Gasteiger partial charge in [0.25, 0.3) is 0 Å². The van der Waals surface area contributed by atoms with E-state index in [1.165, 1.54) is 0 Å². The van der Waals surface area contributed by atoms with Crippen molar-refractivity contribution in [2.75, 3.05) is 33.0 Å². The molecule has 8 heteroatoms. The maximum Gasteiger partial charge on any atom is 0.500 e. The Hall–Kier alpha value is -0.773. The van der Waals surface area contributed by atoms with Crippen molar-refractivity contribution in [2.24, 2.45) is 0 Å². The summed E-state index contributed by atoms with van der Waals surface area (Å²) in [4.78, 5) is 12.4. The average Bonchev–Trinajstić information content (AvgIpc) is 2.62. The third-order valence-electron chi connectivity index (χ3n) is 3.82. The van der Waals surface area contributed by atoms with Crippen LogP contribution >= 0.6 is 0 Å². The van der Waals surface area contributed by atoms with Crippen molar-refractivity contribution in [3.05, 3.63) is 11.3 Å². The SMILES string of the molecule is CCO[Si](CCC/C(C(=O)CCCO)=C(/O)CCCO)(OCC)OCC. The molecular weight excluding hydrogens is 356 g/mol. The van der Waals surface area contributed by atoms with E-state index in [0.29, 0.717) is 57.1 Å². The second kappa shape index (κ2) is 15.3. The molecule has 0 radical (unpaired) electrons. The van der Waals surface area contributed by atoms with Crippen LogP contribution in [-0.4, -0.2) is 62.9 Å². The first-order valence-electron chi connectivity index (χ1n) is 9.57. The lowest BCUT2D eigenvalue weighted by atomic mass is 9.99.